The highest BCUT2D eigenvalue weighted by atomic mass is 16.6. The molecule has 0 saturated heterocycles. The van der Waals surface area contributed by atoms with Gasteiger partial charge >= 0.3 is 0 Å². The first-order chi connectivity index (χ1) is 6.27. The molecule has 1 unspecified atom stereocenters. The molecular formula is C11H11NO. The number of oxime groups is 1. The number of benzene rings is 1. The van der Waals surface area contributed by atoms with Crippen molar-refractivity contribution in [1.29, 1.82) is 0 Å². The van der Waals surface area contributed by atoms with Crippen LogP contribution in [0.3, 0.4) is 0 Å². The first-order valence-corrected chi connectivity index (χ1v) is 3.92. The van der Waals surface area contributed by atoms with Crippen LogP contribution in [-0.2, 0) is 4.84 Å². The first kappa shape index (κ1) is 9.34. The number of hydrogen-bond donors (Lipinski definition) is 0. The monoisotopic (exact) mass is 173 g/mol. The summed E-state index contributed by atoms with van der Waals surface area (Å²) < 4.78 is 0. The summed E-state index contributed by atoms with van der Waals surface area (Å²) in [5, 5.41) is 3.31. The fourth-order valence-corrected chi connectivity index (χ4v) is 1.00. The molecule has 13 heavy (non-hydrogen) atoms. The standard InChI is InChI=1S/C11H11NO/c1-4-11(13-12-3)10-7-5-9(2)6-8-10/h1,5-8,11H,3H2,2H3. The van der Waals surface area contributed by atoms with E-state index in [2.05, 4.69) is 17.8 Å². The minimum Gasteiger partial charge on any atom is -0.375 e. The van der Waals surface area contributed by atoms with E-state index < -0.39 is 6.10 Å². The number of nitrogens with zero attached hydrogens (tertiary/aromatic N) is 1. The van der Waals surface area contributed by atoms with Crippen LogP contribution in [0.2, 0.25) is 0 Å². The number of rotatable bonds is 3. The van der Waals surface area contributed by atoms with Gasteiger partial charge in [0.25, 0.3) is 0 Å². The molecule has 0 fully saturated rings. The Kier molecular flexibility index (Phi) is 3.10. The minimum atomic E-state index is -0.432. The Morgan fingerprint density at radius 1 is 1.46 bits per heavy atom. The Labute approximate surface area is 78.2 Å². The van der Waals surface area contributed by atoms with Gasteiger partial charge in [0.15, 0.2) is 0 Å². The second kappa shape index (κ2) is 4.32. The molecule has 0 aliphatic heterocycles. The average molecular weight is 173 g/mol. The number of aryl methyl sites for hydroxylation is 1. The normalized spacial score (nSPS) is 11.4. The quantitative estimate of drug-likeness (QED) is 0.390. The lowest BCUT2D eigenvalue weighted by Gasteiger charge is -2.08. The highest BCUT2D eigenvalue weighted by Crippen LogP contribution is 2.16. The van der Waals surface area contributed by atoms with Crippen LogP contribution >= 0.6 is 0 Å². The Morgan fingerprint density at radius 3 is 2.54 bits per heavy atom. The summed E-state index contributed by atoms with van der Waals surface area (Å²) in [5.74, 6) is 2.48. The molecule has 1 atom stereocenters. The van der Waals surface area contributed by atoms with Gasteiger partial charge in [-0.15, -0.1) is 11.6 Å². The van der Waals surface area contributed by atoms with Crippen molar-refractivity contribution in [2.75, 3.05) is 0 Å². The van der Waals surface area contributed by atoms with Crippen LogP contribution in [0.15, 0.2) is 29.4 Å². The summed E-state index contributed by atoms with van der Waals surface area (Å²) in [6.45, 7) is 5.24. The van der Waals surface area contributed by atoms with Crippen LogP contribution < -0.4 is 0 Å². The molecule has 0 aliphatic carbocycles. The zero-order valence-corrected chi connectivity index (χ0v) is 7.53. The molecule has 0 radical (unpaired) electrons. The van der Waals surface area contributed by atoms with E-state index in [0.717, 1.165) is 5.56 Å². The van der Waals surface area contributed by atoms with Crippen molar-refractivity contribution < 1.29 is 4.84 Å². The van der Waals surface area contributed by atoms with Gasteiger partial charge < -0.3 is 4.84 Å². The summed E-state index contributed by atoms with van der Waals surface area (Å²) in [5.41, 5.74) is 2.10. The van der Waals surface area contributed by atoms with Crippen LogP contribution in [0.4, 0.5) is 0 Å². The maximum absolute atomic E-state index is 5.27. The largest absolute Gasteiger partial charge is 0.375 e. The number of hydrogen-bond acceptors (Lipinski definition) is 2. The van der Waals surface area contributed by atoms with Crippen molar-refractivity contribution >= 4 is 6.72 Å². The van der Waals surface area contributed by atoms with Crippen molar-refractivity contribution in [2.45, 2.75) is 13.0 Å². The van der Waals surface area contributed by atoms with Gasteiger partial charge in [0.05, 0.1) is 0 Å². The van der Waals surface area contributed by atoms with E-state index >= 15 is 0 Å². The second-order valence-corrected chi connectivity index (χ2v) is 2.69. The van der Waals surface area contributed by atoms with Crippen LogP contribution in [0.1, 0.15) is 17.2 Å². The Bertz CT molecular complexity index is 321. The molecule has 0 amide bonds. The molecule has 0 heterocycles. The molecule has 2 nitrogen and oxygen atoms in total. The third-order valence-electron chi connectivity index (χ3n) is 1.71. The summed E-state index contributed by atoms with van der Waals surface area (Å²) >= 11 is 0. The number of terminal acetylenes is 1. The lowest BCUT2D eigenvalue weighted by atomic mass is 10.1. The summed E-state index contributed by atoms with van der Waals surface area (Å²) in [7, 11) is 0. The van der Waals surface area contributed by atoms with E-state index in [0.29, 0.717) is 0 Å². The molecule has 2 heteroatoms. The lowest BCUT2D eigenvalue weighted by Crippen LogP contribution is -1.96. The van der Waals surface area contributed by atoms with Gasteiger partial charge in [0.2, 0.25) is 6.10 Å². The molecule has 1 aromatic rings. The van der Waals surface area contributed by atoms with E-state index in [1.165, 1.54) is 5.56 Å². The third-order valence-corrected chi connectivity index (χ3v) is 1.71. The fraction of sp³-hybridized carbons (Fsp3) is 0.182. The molecule has 0 aromatic heterocycles. The molecule has 0 aliphatic rings. The molecular weight excluding hydrogens is 162 g/mol. The van der Waals surface area contributed by atoms with Gasteiger partial charge in [-0.2, -0.15) is 0 Å². The molecule has 1 aromatic carbocycles. The van der Waals surface area contributed by atoms with Crippen molar-refractivity contribution in [3.63, 3.8) is 0 Å². The van der Waals surface area contributed by atoms with Crippen molar-refractivity contribution in [2.24, 2.45) is 5.16 Å². The van der Waals surface area contributed by atoms with Gasteiger partial charge in [0, 0.05) is 12.3 Å². The fourth-order valence-electron chi connectivity index (χ4n) is 1.00. The predicted molar refractivity (Wildman–Crippen MR) is 53.4 cm³/mol. The van der Waals surface area contributed by atoms with E-state index in [9.17, 15) is 0 Å². The SMILES string of the molecule is C#CC(ON=C)c1ccc(C)cc1. The van der Waals surface area contributed by atoms with Crippen LogP contribution in [0, 0.1) is 19.3 Å². The van der Waals surface area contributed by atoms with Crippen LogP contribution in [0.5, 0.6) is 0 Å². The second-order valence-electron chi connectivity index (χ2n) is 2.69. The predicted octanol–water partition coefficient (Wildman–Crippen LogP) is 2.30. The molecule has 0 saturated carbocycles. The van der Waals surface area contributed by atoms with Gasteiger partial charge in [-0.05, 0) is 6.92 Å². The first-order valence-electron chi connectivity index (χ1n) is 3.92. The molecule has 66 valence electrons. The topological polar surface area (TPSA) is 21.6 Å². The summed E-state index contributed by atoms with van der Waals surface area (Å²) in [4.78, 5) is 4.89. The molecule has 1 rings (SSSR count). The Balaban J connectivity index is 2.87. The van der Waals surface area contributed by atoms with E-state index in [4.69, 9.17) is 11.3 Å². The van der Waals surface area contributed by atoms with Crippen LogP contribution in [-0.4, -0.2) is 6.72 Å². The average Bonchev–Trinajstić information content (AvgIpc) is 2.16. The van der Waals surface area contributed by atoms with Crippen molar-refractivity contribution in [3.05, 3.63) is 35.4 Å². The minimum absolute atomic E-state index is 0.432. The smallest absolute Gasteiger partial charge is 0.212 e. The van der Waals surface area contributed by atoms with Gasteiger partial charge in [-0.1, -0.05) is 35.7 Å². The molecule has 0 bridgehead atoms. The highest BCUT2D eigenvalue weighted by Gasteiger charge is 2.07. The van der Waals surface area contributed by atoms with E-state index in [-0.39, 0.29) is 0 Å². The van der Waals surface area contributed by atoms with Gasteiger partial charge in [-0.25, -0.2) is 0 Å². The Hall–Kier alpha value is -1.75. The lowest BCUT2D eigenvalue weighted by molar-refractivity contribution is 0.102. The van der Waals surface area contributed by atoms with Gasteiger partial charge in [-0.3, -0.25) is 0 Å². The van der Waals surface area contributed by atoms with Gasteiger partial charge in [0.1, 0.15) is 0 Å². The third kappa shape index (κ3) is 2.34. The van der Waals surface area contributed by atoms with E-state index in [1.807, 2.05) is 31.2 Å². The van der Waals surface area contributed by atoms with Crippen molar-refractivity contribution in [1.82, 2.24) is 0 Å². The maximum atomic E-state index is 5.27. The zero-order valence-electron chi connectivity index (χ0n) is 7.53. The van der Waals surface area contributed by atoms with E-state index in [1.54, 1.807) is 0 Å². The maximum Gasteiger partial charge on any atom is 0.212 e. The summed E-state index contributed by atoms with van der Waals surface area (Å²) in [6, 6.07) is 7.80. The van der Waals surface area contributed by atoms with Crippen LogP contribution in [0.25, 0.3) is 0 Å². The molecule has 0 spiro atoms. The zero-order chi connectivity index (χ0) is 9.68. The summed E-state index contributed by atoms with van der Waals surface area (Å²) in [6.07, 6.45) is 4.83. The Morgan fingerprint density at radius 2 is 2.08 bits per heavy atom. The van der Waals surface area contributed by atoms with Crippen molar-refractivity contribution in [3.8, 4) is 12.3 Å². The highest BCUT2D eigenvalue weighted by molar-refractivity contribution is 5.28. The molecule has 0 N–H and O–H groups in total.